The minimum atomic E-state index is -1.22. The number of hydrogen-bond donors (Lipinski definition) is 4. The van der Waals surface area contributed by atoms with E-state index in [4.69, 9.17) is 23.6 Å². The van der Waals surface area contributed by atoms with Gasteiger partial charge in [0.1, 0.15) is 0 Å². The van der Waals surface area contributed by atoms with E-state index in [1.807, 2.05) is 0 Å². The Labute approximate surface area is 121 Å². The highest BCUT2D eigenvalue weighted by Crippen LogP contribution is 2.20. The highest BCUT2D eigenvalue weighted by atomic mass is 16.7. The zero-order valence-electron chi connectivity index (χ0n) is 10.7. The molecule has 0 aliphatic rings. The summed E-state index contributed by atoms with van der Waals surface area (Å²) in [6.45, 7) is 0. The lowest BCUT2D eigenvalue weighted by Gasteiger charge is -2.11. The van der Waals surface area contributed by atoms with E-state index >= 15 is 0 Å². The molecule has 12 heteroatoms. The van der Waals surface area contributed by atoms with Gasteiger partial charge in [0.2, 0.25) is 0 Å². The van der Waals surface area contributed by atoms with Crippen LogP contribution in [0.5, 0.6) is 0 Å². The summed E-state index contributed by atoms with van der Waals surface area (Å²) in [6, 6.07) is 1.51. The molecular formula is C10H10N4O8. The van der Waals surface area contributed by atoms with E-state index in [-0.39, 0.29) is 0 Å². The molecule has 0 amide bonds. The Morgan fingerprint density at radius 1 is 0.545 bits per heavy atom. The summed E-state index contributed by atoms with van der Waals surface area (Å²) in [7, 11) is 0. The van der Waals surface area contributed by atoms with Gasteiger partial charge in [-0.3, -0.25) is 0 Å². The van der Waals surface area contributed by atoms with Crippen LogP contribution in [0.2, 0.25) is 0 Å². The third-order valence-corrected chi connectivity index (χ3v) is 2.47. The second kappa shape index (κ2) is 7.09. The largest absolute Gasteiger partial charge is 0.370 e. The molecule has 22 heavy (non-hydrogen) atoms. The van der Waals surface area contributed by atoms with Crippen LogP contribution in [-0.4, -0.2) is 23.9 Å². The van der Waals surface area contributed by atoms with Crippen LogP contribution in [0.1, 0.15) is 41.4 Å². The molecule has 1 aromatic carbocycles. The van der Waals surface area contributed by atoms with Gasteiger partial charge in [-0.2, -0.15) is 23.6 Å². The van der Waals surface area contributed by atoms with Crippen LogP contribution >= 0.6 is 0 Å². The molecule has 1 rings (SSSR count). The Kier molecular flexibility index (Phi) is 5.48. The first-order chi connectivity index (χ1) is 10.4. The molecule has 0 saturated heterocycles. The Morgan fingerprint density at radius 3 is 0.864 bits per heavy atom. The van der Waals surface area contributed by atoms with Crippen molar-refractivity contribution in [2.75, 3.05) is 0 Å². The number of hydrogen-bond acceptors (Lipinski definition) is 12. The summed E-state index contributed by atoms with van der Waals surface area (Å²) in [6.07, 6.45) is 0. The lowest BCUT2D eigenvalue weighted by Crippen LogP contribution is -2.23. The molecule has 1 aromatic rings. The predicted molar refractivity (Wildman–Crippen MR) is 64.9 cm³/mol. The van der Waals surface area contributed by atoms with E-state index in [9.17, 15) is 19.2 Å². The van der Waals surface area contributed by atoms with Crippen LogP contribution in [0.4, 0.5) is 0 Å². The molecule has 12 nitrogen and oxygen atoms in total. The number of rotatable bonds is 4. The summed E-state index contributed by atoms with van der Waals surface area (Å²) < 4.78 is 0. The normalized spacial score (nSPS) is 9.64. The van der Waals surface area contributed by atoms with Crippen molar-refractivity contribution in [3.05, 3.63) is 34.4 Å². The SMILES string of the molecule is NOC(=O)c1cc(C(=O)ON)c(C(=O)ON)cc1C(=O)ON. The molecule has 0 heterocycles. The van der Waals surface area contributed by atoms with E-state index in [0.29, 0.717) is 0 Å². The fourth-order valence-electron chi connectivity index (χ4n) is 1.53. The van der Waals surface area contributed by atoms with Crippen LogP contribution in [-0.2, 0) is 19.4 Å². The van der Waals surface area contributed by atoms with E-state index in [2.05, 4.69) is 19.4 Å². The average molecular weight is 314 g/mol. The van der Waals surface area contributed by atoms with Crippen LogP contribution in [0, 0.1) is 0 Å². The van der Waals surface area contributed by atoms with Gasteiger partial charge < -0.3 is 19.4 Å². The molecule has 0 atom stereocenters. The molecule has 0 aliphatic carbocycles. The Morgan fingerprint density at radius 2 is 0.727 bits per heavy atom. The van der Waals surface area contributed by atoms with Crippen molar-refractivity contribution in [3.8, 4) is 0 Å². The van der Waals surface area contributed by atoms with Gasteiger partial charge in [-0.1, -0.05) is 0 Å². The van der Waals surface area contributed by atoms with Crippen LogP contribution < -0.4 is 23.6 Å². The van der Waals surface area contributed by atoms with Crippen LogP contribution in [0.3, 0.4) is 0 Å². The zero-order chi connectivity index (χ0) is 16.9. The van der Waals surface area contributed by atoms with Crippen LogP contribution in [0.25, 0.3) is 0 Å². The maximum absolute atomic E-state index is 11.5. The highest BCUT2D eigenvalue weighted by molar-refractivity contribution is 6.10. The lowest BCUT2D eigenvalue weighted by atomic mass is 9.98. The molecule has 0 aliphatic heterocycles. The van der Waals surface area contributed by atoms with Gasteiger partial charge in [-0.15, -0.1) is 0 Å². The summed E-state index contributed by atoms with van der Waals surface area (Å²) >= 11 is 0. The Balaban J connectivity index is 3.70. The van der Waals surface area contributed by atoms with Gasteiger partial charge in [0.15, 0.2) is 0 Å². The minimum absolute atomic E-state index is 0.535. The zero-order valence-corrected chi connectivity index (χ0v) is 10.7. The fraction of sp³-hybridized carbons (Fsp3) is 0. The monoisotopic (exact) mass is 314 g/mol. The van der Waals surface area contributed by atoms with Gasteiger partial charge in [0.25, 0.3) is 0 Å². The van der Waals surface area contributed by atoms with Crippen molar-refractivity contribution >= 4 is 23.9 Å². The van der Waals surface area contributed by atoms with Crippen molar-refractivity contribution in [3.63, 3.8) is 0 Å². The molecule has 0 unspecified atom stereocenters. The number of carbonyl (C=O) groups excluding carboxylic acids is 4. The molecular weight excluding hydrogens is 304 g/mol. The Hall–Kier alpha value is -3.06. The van der Waals surface area contributed by atoms with Crippen molar-refractivity contribution < 1.29 is 38.5 Å². The number of nitrogens with two attached hydrogens (primary N) is 4. The predicted octanol–water partition coefficient (Wildman–Crippen LogP) is -2.19. The summed E-state index contributed by atoms with van der Waals surface area (Å²) in [5.74, 6) is 14.0. The van der Waals surface area contributed by atoms with E-state index in [0.717, 1.165) is 12.1 Å². The van der Waals surface area contributed by atoms with Crippen molar-refractivity contribution in [2.45, 2.75) is 0 Å². The quantitative estimate of drug-likeness (QED) is 0.436. The molecule has 118 valence electrons. The second-order valence-corrected chi connectivity index (χ2v) is 3.56. The van der Waals surface area contributed by atoms with Crippen LogP contribution in [0.15, 0.2) is 12.1 Å². The summed E-state index contributed by atoms with van der Waals surface area (Å²) in [5.41, 5.74) is -2.14. The first-order valence-corrected chi connectivity index (χ1v) is 5.23. The third-order valence-electron chi connectivity index (χ3n) is 2.47. The molecule has 0 radical (unpaired) electrons. The molecule has 0 bridgehead atoms. The van der Waals surface area contributed by atoms with Gasteiger partial charge in [-0.25, -0.2) is 19.2 Å². The second-order valence-electron chi connectivity index (χ2n) is 3.56. The van der Waals surface area contributed by atoms with Gasteiger partial charge in [-0.05, 0) is 12.1 Å². The molecule has 8 N–H and O–H groups in total. The minimum Gasteiger partial charge on any atom is -0.370 e. The first-order valence-electron chi connectivity index (χ1n) is 5.23. The summed E-state index contributed by atoms with van der Waals surface area (Å²) in [4.78, 5) is 62.0. The maximum Gasteiger partial charge on any atom is 0.357 e. The fourth-order valence-corrected chi connectivity index (χ4v) is 1.53. The molecule has 0 saturated carbocycles. The third kappa shape index (κ3) is 3.15. The Bertz CT molecular complexity index is 538. The van der Waals surface area contributed by atoms with Gasteiger partial charge in [0.05, 0.1) is 22.3 Å². The van der Waals surface area contributed by atoms with Gasteiger partial charge >= 0.3 is 23.9 Å². The molecule has 0 aromatic heterocycles. The molecule has 0 fully saturated rings. The topological polar surface area (TPSA) is 209 Å². The highest BCUT2D eigenvalue weighted by Gasteiger charge is 2.28. The van der Waals surface area contributed by atoms with Crippen molar-refractivity contribution in [1.29, 1.82) is 0 Å². The van der Waals surface area contributed by atoms with Crippen molar-refractivity contribution in [2.24, 2.45) is 23.6 Å². The molecule has 0 spiro atoms. The average Bonchev–Trinajstić information content (AvgIpc) is 2.57. The first kappa shape index (κ1) is 17.0. The lowest BCUT2D eigenvalue weighted by molar-refractivity contribution is 0.0440. The standard InChI is InChI=1S/C10H10N4O8/c11-19-7(15)3-1-4(8(16)20-12)6(10(18)22-14)2-5(3)9(17)21-13/h1-2H,11-14H2. The number of carbonyl (C=O) groups is 4. The summed E-state index contributed by atoms with van der Waals surface area (Å²) in [5, 5.41) is 0. The number of benzene rings is 1. The van der Waals surface area contributed by atoms with Gasteiger partial charge in [0, 0.05) is 0 Å². The van der Waals surface area contributed by atoms with E-state index in [1.54, 1.807) is 0 Å². The maximum atomic E-state index is 11.5. The van der Waals surface area contributed by atoms with E-state index in [1.165, 1.54) is 0 Å². The van der Waals surface area contributed by atoms with Crippen molar-refractivity contribution in [1.82, 2.24) is 0 Å². The smallest absolute Gasteiger partial charge is 0.357 e. The van der Waals surface area contributed by atoms with E-state index < -0.39 is 46.1 Å².